The maximum Gasteiger partial charge on any atom is 0.374 e. The van der Waals surface area contributed by atoms with E-state index in [1.54, 1.807) is 0 Å². The van der Waals surface area contributed by atoms with Crippen LogP contribution in [0.25, 0.3) is 0 Å². The lowest BCUT2D eigenvalue weighted by molar-refractivity contribution is 0.0559. The van der Waals surface area contributed by atoms with Gasteiger partial charge in [0.2, 0.25) is 10.9 Å². The minimum absolute atomic E-state index is 0.160. The second kappa shape index (κ2) is 5.80. The van der Waals surface area contributed by atoms with Crippen molar-refractivity contribution < 1.29 is 22.4 Å². The van der Waals surface area contributed by atoms with Gasteiger partial charge in [-0.1, -0.05) is 0 Å². The molecule has 1 heterocycles. The van der Waals surface area contributed by atoms with Crippen LogP contribution in [0.1, 0.15) is 17.0 Å². The molecule has 3 N–H and O–H groups in total. The van der Waals surface area contributed by atoms with Gasteiger partial charge in [-0.15, -0.1) is 0 Å². The zero-order chi connectivity index (χ0) is 12.9. The summed E-state index contributed by atoms with van der Waals surface area (Å²) in [5, 5.41) is -0.324. The number of carbonyl (C=O) groups excluding carboxylic acids is 1. The highest BCUT2D eigenvalue weighted by Gasteiger charge is 2.20. The summed E-state index contributed by atoms with van der Waals surface area (Å²) in [5.41, 5.74) is 5.24. The van der Waals surface area contributed by atoms with Crippen molar-refractivity contribution in [2.24, 2.45) is 5.73 Å². The van der Waals surface area contributed by atoms with Crippen molar-refractivity contribution in [3.05, 3.63) is 17.9 Å². The lowest BCUT2D eigenvalue weighted by atomic mass is 10.4. The highest BCUT2D eigenvalue weighted by Crippen LogP contribution is 2.14. The van der Waals surface area contributed by atoms with Crippen LogP contribution in [-0.2, 0) is 14.8 Å². The van der Waals surface area contributed by atoms with Crippen LogP contribution in [0.5, 0.6) is 0 Å². The van der Waals surface area contributed by atoms with Crippen molar-refractivity contribution in [2.75, 3.05) is 20.2 Å². The standard InChI is InChI=1S/C9H14N2O5S/c1-15-9(12)7-3-4-8(16-7)17(13,14)11-6-2-5-10/h3-4,11H,2,5-6,10H2,1H3. The molecule has 0 saturated heterocycles. The van der Waals surface area contributed by atoms with Crippen molar-refractivity contribution in [3.63, 3.8) is 0 Å². The van der Waals surface area contributed by atoms with Crippen molar-refractivity contribution in [1.82, 2.24) is 4.72 Å². The molecule has 96 valence electrons. The number of furan rings is 1. The summed E-state index contributed by atoms with van der Waals surface area (Å²) < 4.78 is 34.8. The van der Waals surface area contributed by atoms with E-state index in [4.69, 9.17) is 10.2 Å². The monoisotopic (exact) mass is 262 g/mol. The van der Waals surface area contributed by atoms with Gasteiger partial charge in [0.25, 0.3) is 10.0 Å². The van der Waals surface area contributed by atoms with Gasteiger partial charge >= 0.3 is 5.97 Å². The topological polar surface area (TPSA) is 112 Å². The fourth-order valence-electron chi connectivity index (χ4n) is 1.05. The lowest BCUT2D eigenvalue weighted by Crippen LogP contribution is -2.25. The second-order valence-corrected chi connectivity index (χ2v) is 4.85. The van der Waals surface area contributed by atoms with E-state index in [-0.39, 0.29) is 17.4 Å². The number of nitrogens with one attached hydrogen (secondary N) is 1. The van der Waals surface area contributed by atoms with E-state index in [9.17, 15) is 13.2 Å². The Balaban J connectivity index is 2.78. The molecule has 1 aromatic heterocycles. The molecule has 0 bridgehead atoms. The molecule has 0 radical (unpaired) electrons. The van der Waals surface area contributed by atoms with Crippen LogP contribution in [0, 0.1) is 0 Å². The quantitative estimate of drug-likeness (QED) is 0.537. The molecular weight excluding hydrogens is 248 g/mol. The molecule has 8 heteroatoms. The average molecular weight is 262 g/mol. The number of esters is 1. The average Bonchev–Trinajstić information content (AvgIpc) is 2.78. The molecule has 0 aromatic carbocycles. The molecule has 0 amide bonds. The Bertz CT molecular complexity index is 479. The van der Waals surface area contributed by atoms with Crippen molar-refractivity contribution in [3.8, 4) is 0 Å². The summed E-state index contributed by atoms with van der Waals surface area (Å²) in [7, 11) is -2.55. The zero-order valence-corrected chi connectivity index (χ0v) is 10.1. The lowest BCUT2D eigenvalue weighted by Gasteiger charge is -2.02. The normalized spacial score (nSPS) is 11.4. The highest BCUT2D eigenvalue weighted by atomic mass is 32.2. The van der Waals surface area contributed by atoms with Gasteiger partial charge < -0.3 is 14.9 Å². The number of rotatable bonds is 6. The van der Waals surface area contributed by atoms with Crippen LogP contribution in [0.15, 0.2) is 21.6 Å². The Morgan fingerprint density at radius 3 is 2.82 bits per heavy atom. The predicted octanol–water partition coefficient (Wildman–Crippen LogP) is -0.307. The maximum absolute atomic E-state index is 11.6. The van der Waals surface area contributed by atoms with Crippen LogP contribution in [0.2, 0.25) is 0 Å². The van der Waals surface area contributed by atoms with Crippen LogP contribution in [-0.4, -0.2) is 34.6 Å². The molecule has 0 saturated carbocycles. The molecule has 0 aliphatic carbocycles. The first kappa shape index (κ1) is 13.7. The van der Waals surface area contributed by atoms with E-state index in [2.05, 4.69) is 9.46 Å². The van der Waals surface area contributed by atoms with Gasteiger partial charge in [0.15, 0.2) is 0 Å². The van der Waals surface area contributed by atoms with Crippen LogP contribution < -0.4 is 10.5 Å². The van der Waals surface area contributed by atoms with Gasteiger partial charge in [-0.3, -0.25) is 0 Å². The minimum Gasteiger partial charge on any atom is -0.463 e. The summed E-state index contributed by atoms with van der Waals surface area (Å²) in [6.07, 6.45) is 0.518. The molecule has 1 aromatic rings. The molecule has 0 aliphatic rings. The fourth-order valence-corrected chi connectivity index (χ4v) is 2.06. The number of sulfonamides is 1. The third-order valence-corrected chi connectivity index (χ3v) is 3.24. The first-order valence-corrected chi connectivity index (χ1v) is 6.37. The fraction of sp³-hybridized carbons (Fsp3) is 0.444. The molecule has 0 spiro atoms. The van der Waals surface area contributed by atoms with E-state index < -0.39 is 16.0 Å². The third-order valence-electron chi connectivity index (χ3n) is 1.91. The smallest absolute Gasteiger partial charge is 0.374 e. The zero-order valence-electron chi connectivity index (χ0n) is 9.30. The summed E-state index contributed by atoms with van der Waals surface area (Å²) in [4.78, 5) is 11.1. The first-order valence-electron chi connectivity index (χ1n) is 4.89. The van der Waals surface area contributed by atoms with E-state index >= 15 is 0 Å². The Morgan fingerprint density at radius 2 is 2.24 bits per heavy atom. The molecule has 1 rings (SSSR count). The molecule has 0 aliphatic heterocycles. The molecule has 7 nitrogen and oxygen atoms in total. The van der Waals surface area contributed by atoms with Gasteiger partial charge in [0.1, 0.15) is 0 Å². The Morgan fingerprint density at radius 1 is 1.53 bits per heavy atom. The van der Waals surface area contributed by atoms with Gasteiger partial charge in [0.05, 0.1) is 7.11 Å². The Labute approximate surface area is 99.0 Å². The summed E-state index contributed by atoms with van der Waals surface area (Å²) in [6.45, 7) is 0.598. The van der Waals surface area contributed by atoms with E-state index in [1.165, 1.54) is 19.2 Å². The second-order valence-electron chi connectivity index (χ2n) is 3.15. The summed E-state index contributed by atoms with van der Waals surface area (Å²) >= 11 is 0. The van der Waals surface area contributed by atoms with Crippen LogP contribution in [0.3, 0.4) is 0 Å². The van der Waals surface area contributed by atoms with Crippen molar-refractivity contribution in [1.29, 1.82) is 0 Å². The largest absolute Gasteiger partial charge is 0.463 e. The van der Waals surface area contributed by atoms with Gasteiger partial charge in [-0.2, -0.15) is 0 Å². The third kappa shape index (κ3) is 3.55. The van der Waals surface area contributed by atoms with E-state index in [0.717, 1.165) is 0 Å². The molecule has 0 fully saturated rings. The van der Waals surface area contributed by atoms with E-state index in [1.807, 2.05) is 0 Å². The number of hydrogen-bond donors (Lipinski definition) is 2. The number of ether oxygens (including phenoxy) is 1. The number of methoxy groups -OCH3 is 1. The predicted molar refractivity (Wildman–Crippen MR) is 58.9 cm³/mol. The molecule has 17 heavy (non-hydrogen) atoms. The molecule has 0 unspecified atom stereocenters. The van der Waals surface area contributed by atoms with Crippen LogP contribution >= 0.6 is 0 Å². The first-order chi connectivity index (χ1) is 8.01. The molecule has 0 atom stereocenters. The highest BCUT2D eigenvalue weighted by molar-refractivity contribution is 7.89. The van der Waals surface area contributed by atoms with Gasteiger partial charge in [-0.25, -0.2) is 17.9 Å². The number of nitrogens with two attached hydrogens (primary N) is 1. The van der Waals surface area contributed by atoms with Crippen LogP contribution in [0.4, 0.5) is 0 Å². The van der Waals surface area contributed by atoms with Gasteiger partial charge in [-0.05, 0) is 25.1 Å². The molecular formula is C9H14N2O5S. The Kier molecular flexibility index (Phi) is 4.67. The Hall–Kier alpha value is -1.38. The number of carbonyl (C=O) groups is 1. The maximum atomic E-state index is 11.6. The minimum atomic E-state index is -3.73. The summed E-state index contributed by atoms with van der Waals surface area (Å²) in [5.74, 6) is -0.889. The number of hydrogen-bond acceptors (Lipinski definition) is 6. The van der Waals surface area contributed by atoms with Gasteiger partial charge in [0, 0.05) is 6.54 Å². The van der Waals surface area contributed by atoms with Crippen molar-refractivity contribution >= 4 is 16.0 Å². The summed E-state index contributed by atoms with van der Waals surface area (Å²) in [6, 6.07) is 2.43. The van der Waals surface area contributed by atoms with E-state index in [0.29, 0.717) is 13.0 Å². The van der Waals surface area contributed by atoms with Crippen molar-refractivity contribution in [2.45, 2.75) is 11.5 Å². The SMILES string of the molecule is COC(=O)c1ccc(S(=O)(=O)NCCCN)o1.